The van der Waals surface area contributed by atoms with Crippen molar-refractivity contribution in [3.63, 3.8) is 0 Å². The predicted octanol–water partition coefficient (Wildman–Crippen LogP) is 2.81. The molecule has 2 atom stereocenters. The Morgan fingerprint density at radius 2 is 2.31 bits per heavy atom. The minimum absolute atomic E-state index is 0.140. The highest BCUT2D eigenvalue weighted by Crippen LogP contribution is 2.30. The first-order valence-electron chi connectivity index (χ1n) is 5.53. The first-order chi connectivity index (χ1) is 7.81. The number of rotatable bonds is 5. The van der Waals surface area contributed by atoms with Gasteiger partial charge in [0.1, 0.15) is 6.17 Å². The quantitative estimate of drug-likeness (QED) is 0.777. The summed E-state index contributed by atoms with van der Waals surface area (Å²) in [6.45, 7) is 0.312. The molecule has 1 aliphatic rings. The molecule has 4 heteroatoms. The molecular formula is C12H16FNOS. The lowest BCUT2D eigenvalue weighted by molar-refractivity contribution is 0.332. The molecule has 2 nitrogen and oxygen atoms in total. The van der Waals surface area contributed by atoms with E-state index < -0.39 is 6.17 Å². The van der Waals surface area contributed by atoms with Crippen LogP contribution in [0, 0.1) is 0 Å². The Morgan fingerprint density at radius 3 is 3.12 bits per heavy atom. The van der Waals surface area contributed by atoms with Gasteiger partial charge in [-0.15, -0.1) is 0 Å². The Kier molecular flexibility index (Phi) is 4.21. The van der Waals surface area contributed by atoms with Gasteiger partial charge in [-0.05, 0) is 36.0 Å². The number of benzene rings is 1. The topological polar surface area (TPSA) is 32.3 Å². The summed E-state index contributed by atoms with van der Waals surface area (Å²) in [5, 5.41) is 3.22. The second-order valence-electron chi connectivity index (χ2n) is 4.09. The van der Waals surface area contributed by atoms with E-state index in [0.717, 1.165) is 12.8 Å². The van der Waals surface area contributed by atoms with Gasteiger partial charge in [0.15, 0.2) is 0 Å². The Morgan fingerprint density at radius 1 is 1.50 bits per heavy atom. The monoisotopic (exact) mass is 241 g/mol. The zero-order valence-electron chi connectivity index (χ0n) is 9.03. The number of aryl methyl sites for hydroxylation is 1. The van der Waals surface area contributed by atoms with Crippen LogP contribution in [0.3, 0.4) is 0 Å². The summed E-state index contributed by atoms with van der Waals surface area (Å²) >= 11 is 0.563. The van der Waals surface area contributed by atoms with Crippen molar-refractivity contribution < 1.29 is 8.94 Å². The molecule has 88 valence electrons. The van der Waals surface area contributed by atoms with Crippen molar-refractivity contribution in [2.24, 2.45) is 0 Å². The Labute approximate surface area is 99.5 Å². The Hall–Kier alpha value is -0.580. The van der Waals surface area contributed by atoms with Crippen LogP contribution in [0.15, 0.2) is 24.3 Å². The van der Waals surface area contributed by atoms with Crippen LogP contribution in [0.4, 0.5) is 4.39 Å². The van der Waals surface area contributed by atoms with E-state index in [1.165, 1.54) is 11.1 Å². The third-order valence-electron chi connectivity index (χ3n) is 2.97. The van der Waals surface area contributed by atoms with E-state index in [1.54, 1.807) is 0 Å². The molecule has 0 radical (unpaired) electrons. The Balaban J connectivity index is 1.88. The van der Waals surface area contributed by atoms with Crippen LogP contribution in [0.2, 0.25) is 0 Å². The summed E-state index contributed by atoms with van der Waals surface area (Å²) in [4.78, 5) is 0. The molecule has 0 heterocycles. The van der Waals surface area contributed by atoms with E-state index >= 15 is 0 Å². The van der Waals surface area contributed by atoms with E-state index in [9.17, 15) is 4.39 Å². The molecule has 0 aromatic heterocycles. The minimum Gasteiger partial charge on any atom is -0.330 e. The maximum absolute atomic E-state index is 13.2. The molecule has 2 unspecified atom stereocenters. The summed E-state index contributed by atoms with van der Waals surface area (Å²) in [5.41, 5.74) is 2.67. The second kappa shape index (κ2) is 5.66. The van der Waals surface area contributed by atoms with E-state index in [1.807, 2.05) is 12.1 Å². The van der Waals surface area contributed by atoms with Gasteiger partial charge in [-0.3, -0.25) is 0 Å². The third-order valence-corrected chi connectivity index (χ3v) is 3.48. The van der Waals surface area contributed by atoms with Crippen LogP contribution >= 0.6 is 12.0 Å². The Bertz CT molecular complexity index is 348. The fourth-order valence-corrected chi connectivity index (χ4v) is 2.46. The molecule has 0 fully saturated rings. The first-order valence-corrected chi connectivity index (χ1v) is 6.47. The average molecular weight is 241 g/mol. The SMILES string of the molecule is OSCC(F)CNC1CCc2ccccc21. The van der Waals surface area contributed by atoms with E-state index in [4.69, 9.17) is 4.55 Å². The first kappa shape index (κ1) is 11.9. The fraction of sp³-hybridized carbons (Fsp3) is 0.500. The zero-order chi connectivity index (χ0) is 11.4. The van der Waals surface area contributed by atoms with Gasteiger partial charge in [-0.1, -0.05) is 24.3 Å². The van der Waals surface area contributed by atoms with Crippen molar-refractivity contribution in [1.29, 1.82) is 0 Å². The number of hydrogen-bond donors (Lipinski definition) is 2. The van der Waals surface area contributed by atoms with Gasteiger partial charge in [0.05, 0.1) is 5.75 Å². The van der Waals surface area contributed by atoms with Crippen LogP contribution in [-0.2, 0) is 6.42 Å². The summed E-state index contributed by atoms with van der Waals surface area (Å²) in [5.74, 6) is 0.140. The van der Waals surface area contributed by atoms with Crippen LogP contribution in [0.5, 0.6) is 0 Å². The number of hydrogen-bond acceptors (Lipinski definition) is 3. The molecule has 0 aliphatic heterocycles. The summed E-state index contributed by atoms with van der Waals surface area (Å²) < 4.78 is 21.7. The molecule has 0 spiro atoms. The largest absolute Gasteiger partial charge is 0.330 e. The molecule has 16 heavy (non-hydrogen) atoms. The highest BCUT2D eigenvalue weighted by atomic mass is 32.2. The molecule has 0 saturated carbocycles. The van der Waals surface area contributed by atoms with Crippen LogP contribution in [0.1, 0.15) is 23.6 Å². The van der Waals surface area contributed by atoms with Gasteiger partial charge in [0.2, 0.25) is 0 Å². The zero-order valence-corrected chi connectivity index (χ0v) is 9.84. The highest BCUT2D eigenvalue weighted by molar-refractivity contribution is 7.93. The third kappa shape index (κ3) is 2.75. The van der Waals surface area contributed by atoms with Gasteiger partial charge in [0, 0.05) is 12.6 Å². The van der Waals surface area contributed by atoms with Crippen molar-refractivity contribution >= 4 is 12.0 Å². The molecule has 2 rings (SSSR count). The van der Waals surface area contributed by atoms with Gasteiger partial charge < -0.3 is 9.87 Å². The van der Waals surface area contributed by atoms with E-state index in [2.05, 4.69) is 17.4 Å². The summed E-state index contributed by atoms with van der Waals surface area (Å²) in [7, 11) is 0. The summed E-state index contributed by atoms with van der Waals surface area (Å²) in [6.07, 6.45) is 1.13. The van der Waals surface area contributed by atoms with Crippen molar-refractivity contribution in [1.82, 2.24) is 5.32 Å². The molecule has 1 aliphatic carbocycles. The summed E-state index contributed by atoms with van der Waals surface area (Å²) in [6, 6.07) is 8.58. The maximum atomic E-state index is 13.2. The standard InChI is InChI=1S/C12H16FNOS/c13-10(8-16-15)7-14-12-6-5-9-3-1-2-4-11(9)12/h1-4,10,12,14-15H,5-8H2. The number of alkyl halides is 1. The molecule has 2 N–H and O–H groups in total. The van der Waals surface area contributed by atoms with Crippen LogP contribution < -0.4 is 5.32 Å². The number of halogens is 1. The van der Waals surface area contributed by atoms with Crippen molar-refractivity contribution in [3.05, 3.63) is 35.4 Å². The van der Waals surface area contributed by atoms with Crippen molar-refractivity contribution in [2.45, 2.75) is 25.1 Å². The lowest BCUT2D eigenvalue weighted by atomic mass is 10.1. The average Bonchev–Trinajstić information content (AvgIpc) is 2.70. The number of nitrogens with one attached hydrogen (secondary N) is 1. The molecular weight excluding hydrogens is 225 g/mol. The van der Waals surface area contributed by atoms with E-state index in [-0.39, 0.29) is 11.8 Å². The molecule has 1 aromatic carbocycles. The van der Waals surface area contributed by atoms with Crippen molar-refractivity contribution in [2.75, 3.05) is 12.3 Å². The molecule has 1 aromatic rings. The van der Waals surface area contributed by atoms with E-state index in [0.29, 0.717) is 18.6 Å². The number of fused-ring (bicyclic) bond motifs is 1. The van der Waals surface area contributed by atoms with Gasteiger partial charge >= 0.3 is 0 Å². The molecule has 0 saturated heterocycles. The normalized spacial score (nSPS) is 20.8. The molecule has 0 amide bonds. The second-order valence-corrected chi connectivity index (χ2v) is 4.68. The predicted molar refractivity (Wildman–Crippen MR) is 65.5 cm³/mol. The van der Waals surface area contributed by atoms with Crippen LogP contribution in [0.25, 0.3) is 0 Å². The maximum Gasteiger partial charge on any atom is 0.124 e. The molecule has 0 bridgehead atoms. The van der Waals surface area contributed by atoms with Gasteiger partial charge in [-0.25, -0.2) is 4.39 Å². The van der Waals surface area contributed by atoms with Crippen LogP contribution in [-0.4, -0.2) is 23.0 Å². The fourth-order valence-electron chi connectivity index (χ4n) is 2.18. The lowest BCUT2D eigenvalue weighted by Crippen LogP contribution is -2.28. The van der Waals surface area contributed by atoms with Gasteiger partial charge in [-0.2, -0.15) is 0 Å². The highest BCUT2D eigenvalue weighted by Gasteiger charge is 2.22. The minimum atomic E-state index is -0.984. The van der Waals surface area contributed by atoms with Crippen molar-refractivity contribution in [3.8, 4) is 0 Å². The lowest BCUT2D eigenvalue weighted by Gasteiger charge is -2.15. The smallest absolute Gasteiger partial charge is 0.124 e. The van der Waals surface area contributed by atoms with Gasteiger partial charge in [0.25, 0.3) is 0 Å².